The maximum Gasteiger partial charge on any atom is 0.322 e. The van der Waals surface area contributed by atoms with Gasteiger partial charge in [0.1, 0.15) is 18.1 Å². The number of hydrogen-bond donors (Lipinski definition) is 3. The highest BCUT2D eigenvalue weighted by molar-refractivity contribution is 6.31. The van der Waals surface area contributed by atoms with E-state index in [0.29, 0.717) is 33.7 Å². The number of benzene rings is 1. The highest BCUT2D eigenvalue weighted by Crippen LogP contribution is 2.31. The number of rotatable bonds is 7. The lowest BCUT2D eigenvalue weighted by molar-refractivity contribution is -0.134. The van der Waals surface area contributed by atoms with Crippen molar-refractivity contribution >= 4 is 35.0 Å². The summed E-state index contributed by atoms with van der Waals surface area (Å²) in [6, 6.07) is 12.3. The van der Waals surface area contributed by atoms with E-state index in [1.54, 1.807) is 49.7 Å². The monoisotopic (exact) mass is 385 g/mol. The van der Waals surface area contributed by atoms with Gasteiger partial charge < -0.3 is 20.5 Å². The summed E-state index contributed by atoms with van der Waals surface area (Å²) in [5, 5.41) is 15.2. The fourth-order valence-corrected chi connectivity index (χ4v) is 2.48. The van der Waals surface area contributed by atoms with Crippen LogP contribution in [0.1, 0.15) is 0 Å². The van der Waals surface area contributed by atoms with E-state index < -0.39 is 5.97 Å². The molecule has 0 fully saturated rings. The second-order valence-electron chi connectivity index (χ2n) is 5.39. The number of anilines is 3. The van der Waals surface area contributed by atoms with Crippen molar-refractivity contribution in [1.82, 2.24) is 15.0 Å². The summed E-state index contributed by atoms with van der Waals surface area (Å²) in [7, 11) is 1.55. The average molecular weight is 386 g/mol. The van der Waals surface area contributed by atoms with Crippen molar-refractivity contribution in [2.75, 3.05) is 24.3 Å². The van der Waals surface area contributed by atoms with Crippen molar-refractivity contribution < 1.29 is 14.6 Å². The zero-order chi connectivity index (χ0) is 19.2. The number of carbonyl (C=O) groups is 1. The van der Waals surface area contributed by atoms with Crippen LogP contribution >= 0.6 is 11.6 Å². The summed E-state index contributed by atoms with van der Waals surface area (Å²) < 4.78 is 5.33. The summed E-state index contributed by atoms with van der Waals surface area (Å²) in [6.45, 7) is -0.314. The van der Waals surface area contributed by atoms with Crippen LogP contribution in [-0.2, 0) is 4.79 Å². The Kier molecular flexibility index (Phi) is 5.68. The molecule has 0 saturated carbocycles. The summed E-state index contributed by atoms with van der Waals surface area (Å²) in [4.78, 5) is 23.8. The van der Waals surface area contributed by atoms with Gasteiger partial charge in [0.15, 0.2) is 0 Å². The highest BCUT2D eigenvalue weighted by Gasteiger charge is 2.11. The molecule has 0 amide bonds. The van der Waals surface area contributed by atoms with E-state index >= 15 is 0 Å². The Morgan fingerprint density at radius 1 is 1.19 bits per heavy atom. The number of methoxy groups -OCH3 is 1. The first-order chi connectivity index (χ1) is 13.0. The van der Waals surface area contributed by atoms with Crippen LogP contribution in [0, 0.1) is 0 Å². The normalized spacial score (nSPS) is 10.3. The van der Waals surface area contributed by atoms with E-state index in [4.69, 9.17) is 21.4 Å². The number of aliphatic carboxylic acids is 1. The minimum Gasteiger partial charge on any atom is -0.495 e. The third kappa shape index (κ3) is 4.83. The van der Waals surface area contributed by atoms with Crippen molar-refractivity contribution in [2.24, 2.45) is 0 Å². The fraction of sp³-hybridized carbons (Fsp3) is 0.111. The molecule has 0 aliphatic heterocycles. The van der Waals surface area contributed by atoms with Crippen LogP contribution in [0.2, 0.25) is 5.02 Å². The molecule has 0 spiro atoms. The van der Waals surface area contributed by atoms with E-state index in [1.165, 1.54) is 0 Å². The standard InChI is InChI=1S/C18H16ClN5O3/c1-27-15-6-5-11(19)8-14(15)22-16-9-13(12-4-2-3-7-20-12)23-18(24-16)21-10-17(25)26/h2-9H,10H2,1H3,(H,25,26)(H2,21,22,23,24). The largest absolute Gasteiger partial charge is 0.495 e. The number of pyridine rings is 1. The molecule has 138 valence electrons. The number of nitrogens with zero attached hydrogens (tertiary/aromatic N) is 3. The molecule has 0 unspecified atom stereocenters. The van der Waals surface area contributed by atoms with E-state index in [-0.39, 0.29) is 12.5 Å². The molecule has 0 aliphatic carbocycles. The number of carboxylic acid groups (broad SMARTS) is 1. The molecular formula is C18H16ClN5O3. The molecule has 0 saturated heterocycles. The minimum absolute atomic E-state index is 0.157. The molecule has 0 radical (unpaired) electrons. The fourth-order valence-electron chi connectivity index (χ4n) is 2.31. The molecular weight excluding hydrogens is 370 g/mol. The van der Waals surface area contributed by atoms with Gasteiger partial charge in [-0.1, -0.05) is 17.7 Å². The van der Waals surface area contributed by atoms with E-state index in [2.05, 4.69) is 25.6 Å². The first-order valence-corrected chi connectivity index (χ1v) is 8.29. The lowest BCUT2D eigenvalue weighted by Gasteiger charge is -2.13. The van der Waals surface area contributed by atoms with Gasteiger partial charge in [-0.05, 0) is 30.3 Å². The SMILES string of the molecule is COc1ccc(Cl)cc1Nc1cc(-c2ccccn2)nc(NCC(=O)O)n1. The summed E-state index contributed by atoms with van der Waals surface area (Å²) in [6.07, 6.45) is 1.65. The predicted molar refractivity (Wildman–Crippen MR) is 103 cm³/mol. The average Bonchev–Trinajstić information content (AvgIpc) is 2.67. The zero-order valence-corrected chi connectivity index (χ0v) is 15.1. The number of nitrogens with one attached hydrogen (secondary N) is 2. The molecule has 8 nitrogen and oxygen atoms in total. The van der Waals surface area contributed by atoms with Crippen LogP contribution in [0.4, 0.5) is 17.5 Å². The molecule has 0 atom stereocenters. The topological polar surface area (TPSA) is 109 Å². The van der Waals surface area contributed by atoms with Gasteiger partial charge in [-0.2, -0.15) is 4.98 Å². The Morgan fingerprint density at radius 3 is 2.74 bits per heavy atom. The third-order valence-electron chi connectivity index (χ3n) is 3.48. The van der Waals surface area contributed by atoms with E-state index in [0.717, 1.165) is 0 Å². The molecule has 0 aliphatic rings. The number of hydrogen-bond acceptors (Lipinski definition) is 7. The van der Waals surface area contributed by atoms with Crippen molar-refractivity contribution in [1.29, 1.82) is 0 Å². The molecule has 0 bridgehead atoms. The summed E-state index contributed by atoms with van der Waals surface area (Å²) in [5.41, 5.74) is 1.77. The van der Waals surface area contributed by atoms with E-state index in [9.17, 15) is 4.79 Å². The number of ether oxygens (including phenoxy) is 1. The van der Waals surface area contributed by atoms with Gasteiger partial charge in [-0.15, -0.1) is 0 Å². The summed E-state index contributed by atoms with van der Waals surface area (Å²) >= 11 is 6.07. The van der Waals surface area contributed by atoms with Crippen molar-refractivity contribution in [3.05, 3.63) is 53.7 Å². The number of halogens is 1. The lowest BCUT2D eigenvalue weighted by atomic mass is 10.2. The smallest absolute Gasteiger partial charge is 0.322 e. The van der Waals surface area contributed by atoms with Gasteiger partial charge in [0.05, 0.1) is 24.2 Å². The van der Waals surface area contributed by atoms with Crippen LogP contribution in [0.25, 0.3) is 11.4 Å². The first-order valence-electron chi connectivity index (χ1n) is 7.92. The molecule has 2 heterocycles. The maximum atomic E-state index is 10.8. The lowest BCUT2D eigenvalue weighted by Crippen LogP contribution is -2.15. The Hall–Kier alpha value is -3.39. The molecule has 3 aromatic rings. The summed E-state index contributed by atoms with van der Waals surface area (Å²) in [5.74, 6) is 0.147. The Labute approximate surface area is 160 Å². The van der Waals surface area contributed by atoms with Gasteiger partial charge >= 0.3 is 5.97 Å². The quantitative estimate of drug-likeness (QED) is 0.567. The minimum atomic E-state index is -1.02. The van der Waals surface area contributed by atoms with Crippen molar-refractivity contribution in [2.45, 2.75) is 0 Å². The van der Waals surface area contributed by atoms with Crippen molar-refractivity contribution in [3.8, 4) is 17.1 Å². The number of carboxylic acids is 1. The molecule has 3 N–H and O–H groups in total. The van der Waals surface area contributed by atoms with Crippen LogP contribution in [0.5, 0.6) is 5.75 Å². The Morgan fingerprint density at radius 2 is 2.04 bits per heavy atom. The second-order valence-corrected chi connectivity index (χ2v) is 5.83. The van der Waals surface area contributed by atoms with Gasteiger partial charge in [-0.3, -0.25) is 9.78 Å². The van der Waals surface area contributed by atoms with Gasteiger partial charge in [-0.25, -0.2) is 4.98 Å². The van der Waals surface area contributed by atoms with Crippen molar-refractivity contribution in [3.63, 3.8) is 0 Å². The second kappa shape index (κ2) is 8.33. The molecule has 2 aromatic heterocycles. The molecule has 3 rings (SSSR count). The maximum absolute atomic E-state index is 10.8. The van der Waals surface area contributed by atoms with Crippen LogP contribution < -0.4 is 15.4 Å². The van der Waals surface area contributed by atoms with Gasteiger partial charge in [0.2, 0.25) is 5.95 Å². The first kappa shape index (κ1) is 18.4. The molecule has 1 aromatic carbocycles. The van der Waals surface area contributed by atoms with Gasteiger partial charge in [0.25, 0.3) is 0 Å². The molecule has 27 heavy (non-hydrogen) atoms. The third-order valence-corrected chi connectivity index (χ3v) is 3.71. The van der Waals surface area contributed by atoms with E-state index in [1.807, 2.05) is 6.07 Å². The van der Waals surface area contributed by atoms with Crippen LogP contribution in [0.15, 0.2) is 48.7 Å². The number of aromatic nitrogens is 3. The highest BCUT2D eigenvalue weighted by atomic mass is 35.5. The van der Waals surface area contributed by atoms with Crippen LogP contribution in [0.3, 0.4) is 0 Å². The predicted octanol–water partition coefficient (Wildman–Crippen LogP) is 3.44. The Balaban J connectivity index is 1.99. The molecule has 9 heteroatoms. The van der Waals surface area contributed by atoms with Gasteiger partial charge in [0, 0.05) is 17.3 Å². The van der Waals surface area contributed by atoms with Crippen LogP contribution in [-0.4, -0.2) is 39.7 Å². The zero-order valence-electron chi connectivity index (χ0n) is 14.3. The Bertz CT molecular complexity index is 953.